The summed E-state index contributed by atoms with van der Waals surface area (Å²) in [5.41, 5.74) is 3.30. The van der Waals surface area contributed by atoms with Crippen LogP contribution in [0.4, 0.5) is 5.00 Å². The number of nitrogens with one attached hydrogen (secondary N) is 1. The number of anilines is 1. The topological polar surface area (TPSA) is 96.4 Å². The molecule has 0 radical (unpaired) electrons. The Bertz CT molecular complexity index is 1520. The summed E-state index contributed by atoms with van der Waals surface area (Å²) in [5.74, 6) is -0.296. The number of fused-ring (bicyclic) bond motifs is 2. The van der Waals surface area contributed by atoms with Crippen molar-refractivity contribution in [2.24, 2.45) is 0 Å². The lowest BCUT2D eigenvalue weighted by atomic mass is 10.0. The third kappa shape index (κ3) is 4.49. The number of amides is 2. The molecule has 0 atom stereocenters. The molecule has 0 bridgehead atoms. The molecule has 7 nitrogen and oxygen atoms in total. The van der Waals surface area contributed by atoms with Crippen LogP contribution in [0.3, 0.4) is 0 Å². The van der Waals surface area contributed by atoms with Gasteiger partial charge in [0.25, 0.3) is 5.91 Å². The lowest BCUT2D eigenvalue weighted by molar-refractivity contribution is -0.129. The summed E-state index contributed by atoms with van der Waals surface area (Å²) in [6, 6.07) is 13.9. The lowest BCUT2D eigenvalue weighted by Gasteiger charge is -2.26. The van der Waals surface area contributed by atoms with E-state index in [0.717, 1.165) is 31.2 Å². The van der Waals surface area contributed by atoms with Crippen LogP contribution in [-0.4, -0.2) is 42.4 Å². The van der Waals surface area contributed by atoms with Crippen LogP contribution < -0.4 is 5.32 Å². The molecule has 0 spiro atoms. The van der Waals surface area contributed by atoms with E-state index in [4.69, 9.17) is 4.98 Å². The number of carbonyl (C=O) groups excluding carboxylic acids is 2. The van der Waals surface area contributed by atoms with Crippen molar-refractivity contribution in [3.8, 4) is 10.6 Å². The molecule has 0 aliphatic carbocycles. The van der Waals surface area contributed by atoms with Gasteiger partial charge in [-0.05, 0) is 48.4 Å². The molecule has 0 unspecified atom stereocenters. The van der Waals surface area contributed by atoms with Gasteiger partial charge in [-0.15, -0.1) is 22.7 Å². The molecule has 2 aromatic heterocycles. The first-order valence-corrected chi connectivity index (χ1v) is 14.5. The molecule has 3 heterocycles. The minimum absolute atomic E-state index is 0.00208. The summed E-state index contributed by atoms with van der Waals surface area (Å²) >= 11 is 3.04. The molecule has 0 saturated heterocycles. The smallest absolute Gasteiger partial charge is 0.256 e. The third-order valence-corrected chi connectivity index (χ3v) is 10.0. The van der Waals surface area contributed by atoms with Crippen LogP contribution in [0.5, 0.6) is 0 Å². The van der Waals surface area contributed by atoms with Gasteiger partial charge in [-0.1, -0.05) is 19.1 Å². The Morgan fingerprint density at radius 2 is 1.83 bits per heavy atom. The monoisotopic (exact) mass is 525 g/mol. The van der Waals surface area contributed by atoms with E-state index in [2.05, 4.69) is 5.32 Å². The summed E-state index contributed by atoms with van der Waals surface area (Å²) in [6.45, 7) is 4.29. The van der Waals surface area contributed by atoms with E-state index in [1.165, 1.54) is 35.6 Å². The second-order valence-electron chi connectivity index (χ2n) is 8.27. The standard InChI is InChI=1S/C25H23N3O4S3/c1-3-35(31,32)17-10-8-16(9-11-17)23(30)27-25-22(24-26-19-6-4-5-7-20(19)33-24)18-12-13-28(15(2)29)14-21(18)34-25/h4-11H,3,12-14H2,1-2H3,(H,27,30). The summed E-state index contributed by atoms with van der Waals surface area (Å²) in [6.07, 6.45) is 0.691. The first-order valence-electron chi connectivity index (χ1n) is 11.2. The first-order chi connectivity index (χ1) is 16.8. The number of rotatable bonds is 5. The van der Waals surface area contributed by atoms with E-state index in [0.29, 0.717) is 30.1 Å². The number of para-hydroxylation sites is 1. The minimum atomic E-state index is -3.34. The number of nitrogens with zero attached hydrogens (tertiary/aromatic N) is 2. The largest absolute Gasteiger partial charge is 0.337 e. The Morgan fingerprint density at radius 3 is 2.51 bits per heavy atom. The van der Waals surface area contributed by atoms with Crippen LogP contribution in [0, 0.1) is 0 Å². The van der Waals surface area contributed by atoms with Crippen molar-refractivity contribution in [2.45, 2.75) is 31.7 Å². The molecule has 1 aliphatic heterocycles. The number of sulfone groups is 1. The zero-order valence-electron chi connectivity index (χ0n) is 19.2. The quantitative estimate of drug-likeness (QED) is 0.397. The van der Waals surface area contributed by atoms with Gasteiger partial charge >= 0.3 is 0 Å². The van der Waals surface area contributed by atoms with E-state index in [1.807, 2.05) is 24.3 Å². The van der Waals surface area contributed by atoms with Crippen molar-refractivity contribution in [1.82, 2.24) is 9.88 Å². The van der Waals surface area contributed by atoms with Gasteiger partial charge in [-0.3, -0.25) is 9.59 Å². The first kappa shape index (κ1) is 23.7. The van der Waals surface area contributed by atoms with Crippen molar-refractivity contribution in [1.29, 1.82) is 0 Å². The lowest BCUT2D eigenvalue weighted by Crippen LogP contribution is -2.33. The summed E-state index contributed by atoms with van der Waals surface area (Å²) in [7, 11) is -3.34. The Balaban J connectivity index is 1.53. The van der Waals surface area contributed by atoms with Crippen LogP contribution in [0.2, 0.25) is 0 Å². The van der Waals surface area contributed by atoms with Crippen LogP contribution in [0.25, 0.3) is 20.8 Å². The fourth-order valence-electron chi connectivity index (χ4n) is 4.12. The number of benzene rings is 2. The normalized spacial score (nSPS) is 13.6. The number of carbonyl (C=O) groups is 2. The average molecular weight is 526 g/mol. The SMILES string of the molecule is CCS(=O)(=O)c1ccc(C(=O)Nc2sc3c(c2-c2nc4ccccc4s2)CCN(C(C)=O)C3)cc1. The van der Waals surface area contributed by atoms with Crippen molar-refractivity contribution in [3.05, 3.63) is 64.5 Å². The molecule has 180 valence electrons. The molecule has 1 N–H and O–H groups in total. The maximum Gasteiger partial charge on any atom is 0.256 e. The summed E-state index contributed by atoms with van der Waals surface area (Å²) in [4.78, 5) is 33.0. The highest BCUT2D eigenvalue weighted by molar-refractivity contribution is 7.91. The fourth-order valence-corrected chi connectivity index (χ4v) is 7.37. The molecular formula is C25H23N3O4S3. The molecule has 2 amide bonds. The predicted molar refractivity (Wildman–Crippen MR) is 140 cm³/mol. The Morgan fingerprint density at radius 1 is 1.09 bits per heavy atom. The maximum absolute atomic E-state index is 13.2. The van der Waals surface area contributed by atoms with Crippen molar-refractivity contribution in [2.75, 3.05) is 17.6 Å². The maximum atomic E-state index is 13.2. The van der Waals surface area contributed by atoms with E-state index >= 15 is 0 Å². The Hall–Kier alpha value is -3.08. The number of aromatic nitrogens is 1. The fraction of sp³-hybridized carbons (Fsp3) is 0.240. The number of thiazole rings is 1. The molecular weight excluding hydrogens is 502 g/mol. The van der Waals surface area contributed by atoms with Gasteiger partial charge in [-0.25, -0.2) is 13.4 Å². The van der Waals surface area contributed by atoms with E-state index in [-0.39, 0.29) is 22.5 Å². The number of thiophene rings is 1. The number of hydrogen-bond acceptors (Lipinski definition) is 7. The molecule has 1 aliphatic rings. The van der Waals surface area contributed by atoms with Crippen LogP contribution in [0.15, 0.2) is 53.4 Å². The molecule has 0 fully saturated rings. The molecule has 5 rings (SSSR count). The zero-order valence-corrected chi connectivity index (χ0v) is 21.6. The second kappa shape index (κ2) is 9.18. The van der Waals surface area contributed by atoms with Crippen molar-refractivity contribution < 1.29 is 18.0 Å². The second-order valence-corrected chi connectivity index (χ2v) is 12.7. The van der Waals surface area contributed by atoms with E-state index in [1.54, 1.807) is 30.1 Å². The zero-order chi connectivity index (χ0) is 24.7. The van der Waals surface area contributed by atoms with Gasteiger partial charge in [0.05, 0.1) is 27.4 Å². The van der Waals surface area contributed by atoms with E-state index < -0.39 is 9.84 Å². The summed E-state index contributed by atoms with van der Waals surface area (Å²) < 4.78 is 25.3. The van der Waals surface area contributed by atoms with Crippen molar-refractivity contribution in [3.63, 3.8) is 0 Å². The van der Waals surface area contributed by atoms with Gasteiger partial charge in [0.1, 0.15) is 10.0 Å². The van der Waals surface area contributed by atoms with Gasteiger partial charge in [0.2, 0.25) is 5.91 Å². The van der Waals surface area contributed by atoms with Gasteiger partial charge < -0.3 is 10.2 Å². The summed E-state index contributed by atoms with van der Waals surface area (Å²) in [5, 5.41) is 4.56. The third-order valence-electron chi connectivity index (χ3n) is 6.09. The molecule has 2 aromatic carbocycles. The molecule has 0 saturated carbocycles. The van der Waals surface area contributed by atoms with Crippen molar-refractivity contribution >= 4 is 59.5 Å². The Kier molecular flexibility index (Phi) is 6.20. The molecule has 35 heavy (non-hydrogen) atoms. The molecule has 10 heteroatoms. The molecule has 4 aromatic rings. The Labute approximate surface area is 211 Å². The van der Waals surface area contributed by atoms with Gasteiger partial charge in [0.15, 0.2) is 9.84 Å². The highest BCUT2D eigenvalue weighted by atomic mass is 32.2. The van der Waals surface area contributed by atoms with E-state index in [9.17, 15) is 18.0 Å². The predicted octanol–water partition coefficient (Wildman–Crippen LogP) is 4.98. The van der Waals surface area contributed by atoms with Gasteiger partial charge in [-0.2, -0.15) is 0 Å². The van der Waals surface area contributed by atoms with Gasteiger partial charge in [0, 0.05) is 29.5 Å². The van der Waals surface area contributed by atoms with Crippen LogP contribution >= 0.6 is 22.7 Å². The number of hydrogen-bond donors (Lipinski definition) is 1. The highest BCUT2D eigenvalue weighted by Gasteiger charge is 2.28. The minimum Gasteiger partial charge on any atom is -0.337 e. The highest BCUT2D eigenvalue weighted by Crippen LogP contribution is 2.45. The van der Waals surface area contributed by atoms with Crippen LogP contribution in [0.1, 0.15) is 34.6 Å². The van der Waals surface area contributed by atoms with Crippen LogP contribution in [-0.2, 0) is 27.6 Å². The average Bonchev–Trinajstić information content (AvgIpc) is 3.44.